The lowest BCUT2D eigenvalue weighted by Gasteiger charge is -2.19. The van der Waals surface area contributed by atoms with Crippen LogP contribution in [0, 0.1) is 5.92 Å². The summed E-state index contributed by atoms with van der Waals surface area (Å²) in [6.45, 7) is 6.31. The molecule has 0 saturated carbocycles. The maximum absolute atomic E-state index is 11.2. The van der Waals surface area contributed by atoms with Crippen LogP contribution >= 0.6 is 0 Å². The Morgan fingerprint density at radius 1 is 1.43 bits per heavy atom. The van der Waals surface area contributed by atoms with Crippen LogP contribution in [-0.2, 0) is 16.4 Å². The summed E-state index contributed by atoms with van der Waals surface area (Å²) in [5.74, 6) is 1.26. The lowest BCUT2D eigenvalue weighted by molar-refractivity contribution is 0.130. The van der Waals surface area contributed by atoms with E-state index in [1.165, 1.54) is 0 Å². The third-order valence-electron chi connectivity index (χ3n) is 3.57. The van der Waals surface area contributed by atoms with Gasteiger partial charge in [-0.25, -0.2) is 13.6 Å². The van der Waals surface area contributed by atoms with Crippen molar-refractivity contribution in [1.82, 2.24) is 0 Å². The second-order valence-electron chi connectivity index (χ2n) is 6.20. The molecule has 21 heavy (non-hydrogen) atoms. The van der Waals surface area contributed by atoms with E-state index >= 15 is 0 Å². The zero-order valence-corrected chi connectivity index (χ0v) is 13.6. The molecule has 1 atom stereocenters. The third-order valence-corrected chi connectivity index (χ3v) is 4.51. The van der Waals surface area contributed by atoms with E-state index in [9.17, 15) is 8.42 Å². The van der Waals surface area contributed by atoms with Crippen LogP contribution in [0.5, 0.6) is 11.5 Å². The average Bonchev–Trinajstić information content (AvgIpc) is 2.67. The van der Waals surface area contributed by atoms with Crippen LogP contribution in [0.3, 0.4) is 0 Å². The van der Waals surface area contributed by atoms with E-state index in [1.807, 2.05) is 39.0 Å². The molecule has 1 aliphatic rings. The van der Waals surface area contributed by atoms with Crippen molar-refractivity contribution in [2.45, 2.75) is 39.2 Å². The van der Waals surface area contributed by atoms with Crippen LogP contribution < -0.4 is 14.6 Å². The summed E-state index contributed by atoms with van der Waals surface area (Å²) in [4.78, 5) is 0. The van der Waals surface area contributed by atoms with E-state index in [0.717, 1.165) is 17.7 Å². The molecule has 5 nitrogen and oxygen atoms in total. The molecule has 0 aliphatic carbocycles. The van der Waals surface area contributed by atoms with E-state index < -0.39 is 10.0 Å². The molecular weight excluding hydrogens is 290 g/mol. The highest BCUT2D eigenvalue weighted by Gasteiger charge is 2.32. The summed E-state index contributed by atoms with van der Waals surface area (Å²) < 4.78 is 34.1. The van der Waals surface area contributed by atoms with Gasteiger partial charge < -0.3 is 9.47 Å². The minimum atomic E-state index is -3.48. The summed E-state index contributed by atoms with van der Waals surface area (Å²) in [7, 11) is -3.48. The van der Waals surface area contributed by atoms with Crippen LogP contribution in [-0.4, -0.2) is 26.4 Å². The monoisotopic (exact) mass is 313 g/mol. The fourth-order valence-corrected chi connectivity index (χ4v) is 3.51. The molecule has 0 bridgehead atoms. The van der Waals surface area contributed by atoms with Gasteiger partial charge in [-0.3, -0.25) is 0 Å². The van der Waals surface area contributed by atoms with E-state index in [4.69, 9.17) is 14.6 Å². The molecule has 0 aromatic heterocycles. The standard InChI is InChI=1S/C15H23NO4S/c1-4-11(10-21(16,17)18)9-19-13-7-5-6-12-8-15(2,3)20-14(12)13/h5-7,11H,4,8-10H2,1-3H3,(H2,16,17,18). The van der Waals surface area contributed by atoms with Gasteiger partial charge in [-0.15, -0.1) is 0 Å². The number of hydrogen-bond donors (Lipinski definition) is 1. The van der Waals surface area contributed by atoms with Gasteiger partial charge in [0, 0.05) is 17.9 Å². The van der Waals surface area contributed by atoms with Crippen LogP contribution in [0.25, 0.3) is 0 Å². The van der Waals surface area contributed by atoms with Gasteiger partial charge in [0.15, 0.2) is 11.5 Å². The highest BCUT2D eigenvalue weighted by molar-refractivity contribution is 7.89. The molecule has 1 aromatic carbocycles. The summed E-state index contributed by atoms with van der Waals surface area (Å²) in [5.41, 5.74) is 0.893. The van der Waals surface area contributed by atoms with Crippen molar-refractivity contribution in [3.05, 3.63) is 23.8 Å². The number of ether oxygens (including phenoxy) is 2. The number of benzene rings is 1. The lowest BCUT2D eigenvalue weighted by Crippen LogP contribution is -2.27. The van der Waals surface area contributed by atoms with Crippen LogP contribution in [0.4, 0.5) is 0 Å². The number of fused-ring (bicyclic) bond motifs is 1. The Balaban J connectivity index is 2.07. The largest absolute Gasteiger partial charge is 0.489 e. The zero-order chi connectivity index (χ0) is 15.7. The van der Waals surface area contributed by atoms with Gasteiger partial charge in [-0.1, -0.05) is 19.1 Å². The molecule has 0 saturated heterocycles. The second kappa shape index (κ2) is 5.85. The maximum atomic E-state index is 11.2. The molecule has 118 valence electrons. The molecule has 2 rings (SSSR count). The number of sulfonamides is 1. The van der Waals surface area contributed by atoms with E-state index in [0.29, 0.717) is 18.8 Å². The van der Waals surface area contributed by atoms with Crippen molar-refractivity contribution < 1.29 is 17.9 Å². The molecular formula is C15H23NO4S. The average molecular weight is 313 g/mol. The molecule has 1 heterocycles. The Hall–Kier alpha value is -1.27. The molecule has 0 fully saturated rings. The highest BCUT2D eigenvalue weighted by Crippen LogP contribution is 2.41. The first-order valence-corrected chi connectivity index (χ1v) is 8.86. The lowest BCUT2D eigenvalue weighted by atomic mass is 10.0. The Morgan fingerprint density at radius 3 is 2.76 bits per heavy atom. The molecule has 0 radical (unpaired) electrons. The maximum Gasteiger partial charge on any atom is 0.209 e. The Labute approximate surface area is 126 Å². The van der Waals surface area contributed by atoms with E-state index in [-0.39, 0.29) is 17.3 Å². The van der Waals surface area contributed by atoms with Crippen molar-refractivity contribution in [2.75, 3.05) is 12.4 Å². The number of primary sulfonamides is 1. The van der Waals surface area contributed by atoms with E-state index in [2.05, 4.69) is 0 Å². The molecule has 0 amide bonds. The van der Waals surface area contributed by atoms with Gasteiger partial charge in [-0.05, 0) is 26.3 Å². The second-order valence-corrected chi connectivity index (χ2v) is 7.86. The first kappa shape index (κ1) is 16.1. The zero-order valence-electron chi connectivity index (χ0n) is 12.8. The van der Waals surface area contributed by atoms with Gasteiger partial charge in [0.05, 0.1) is 12.4 Å². The normalized spacial score (nSPS) is 17.9. The van der Waals surface area contributed by atoms with E-state index in [1.54, 1.807) is 0 Å². The number of nitrogens with two attached hydrogens (primary N) is 1. The summed E-state index contributed by atoms with van der Waals surface area (Å²) in [5, 5.41) is 5.10. The summed E-state index contributed by atoms with van der Waals surface area (Å²) in [6.07, 6.45) is 1.53. The smallest absolute Gasteiger partial charge is 0.209 e. The molecule has 1 aromatic rings. The molecule has 0 spiro atoms. The first-order valence-electron chi connectivity index (χ1n) is 7.14. The molecule has 6 heteroatoms. The van der Waals surface area contributed by atoms with Crippen molar-refractivity contribution in [2.24, 2.45) is 11.1 Å². The fraction of sp³-hybridized carbons (Fsp3) is 0.600. The molecule has 2 N–H and O–H groups in total. The predicted octanol–water partition coefficient (Wildman–Crippen LogP) is 2.09. The number of hydrogen-bond acceptors (Lipinski definition) is 4. The van der Waals surface area contributed by atoms with Crippen molar-refractivity contribution in [1.29, 1.82) is 0 Å². The van der Waals surface area contributed by atoms with Crippen LogP contribution in [0.1, 0.15) is 32.8 Å². The molecule has 1 unspecified atom stereocenters. The fourth-order valence-electron chi connectivity index (χ4n) is 2.52. The Bertz CT molecular complexity index is 610. The van der Waals surface area contributed by atoms with Crippen LogP contribution in [0.2, 0.25) is 0 Å². The quantitative estimate of drug-likeness (QED) is 0.872. The SMILES string of the molecule is CCC(COc1cccc2c1OC(C)(C)C2)CS(N)(=O)=O. The minimum Gasteiger partial charge on any atom is -0.489 e. The minimum absolute atomic E-state index is 0.0646. The van der Waals surface area contributed by atoms with Crippen molar-refractivity contribution >= 4 is 10.0 Å². The van der Waals surface area contributed by atoms with Gasteiger partial charge in [-0.2, -0.15) is 0 Å². The molecule has 1 aliphatic heterocycles. The Kier molecular flexibility index (Phi) is 4.49. The van der Waals surface area contributed by atoms with Crippen molar-refractivity contribution in [3.8, 4) is 11.5 Å². The van der Waals surface area contributed by atoms with Gasteiger partial charge in [0.1, 0.15) is 5.60 Å². The van der Waals surface area contributed by atoms with Gasteiger partial charge >= 0.3 is 0 Å². The predicted molar refractivity (Wildman–Crippen MR) is 82.1 cm³/mol. The topological polar surface area (TPSA) is 78.6 Å². The van der Waals surface area contributed by atoms with Gasteiger partial charge in [0.25, 0.3) is 0 Å². The summed E-state index contributed by atoms with van der Waals surface area (Å²) in [6, 6.07) is 5.81. The van der Waals surface area contributed by atoms with Gasteiger partial charge in [0.2, 0.25) is 10.0 Å². The highest BCUT2D eigenvalue weighted by atomic mass is 32.2. The first-order chi connectivity index (χ1) is 9.70. The van der Waals surface area contributed by atoms with Crippen molar-refractivity contribution in [3.63, 3.8) is 0 Å². The number of rotatable bonds is 6. The van der Waals surface area contributed by atoms with Crippen LogP contribution in [0.15, 0.2) is 18.2 Å². The third kappa shape index (κ3) is 4.35. The number of para-hydroxylation sites is 1. The Morgan fingerprint density at radius 2 is 2.14 bits per heavy atom. The summed E-state index contributed by atoms with van der Waals surface area (Å²) >= 11 is 0.